The van der Waals surface area contributed by atoms with Crippen molar-refractivity contribution in [3.63, 3.8) is 0 Å². The summed E-state index contributed by atoms with van der Waals surface area (Å²) in [5, 5.41) is 3.55. The number of nitrogens with one attached hydrogen (secondary N) is 1. The van der Waals surface area contributed by atoms with Crippen molar-refractivity contribution in [1.29, 1.82) is 0 Å². The van der Waals surface area contributed by atoms with E-state index < -0.39 is 0 Å². The molecule has 0 fully saturated rings. The predicted octanol–water partition coefficient (Wildman–Crippen LogP) is 3.73. The van der Waals surface area contributed by atoms with Gasteiger partial charge in [-0.2, -0.15) is 0 Å². The summed E-state index contributed by atoms with van der Waals surface area (Å²) in [6.45, 7) is 13.1. The highest BCUT2D eigenvalue weighted by atomic mass is 16.5. The Morgan fingerprint density at radius 2 is 1.71 bits per heavy atom. The second kappa shape index (κ2) is 8.52. The van der Waals surface area contributed by atoms with Crippen molar-refractivity contribution in [2.24, 2.45) is 0 Å². The van der Waals surface area contributed by atoms with Crippen molar-refractivity contribution in [2.45, 2.75) is 58.8 Å². The Balaban J connectivity index is 2.46. The summed E-state index contributed by atoms with van der Waals surface area (Å²) in [4.78, 5) is 0. The third-order valence-corrected chi connectivity index (χ3v) is 3.42. The van der Waals surface area contributed by atoms with Gasteiger partial charge in [-0.1, -0.05) is 31.2 Å². The van der Waals surface area contributed by atoms with Crippen LogP contribution < -0.4 is 5.32 Å². The molecule has 120 valence electrons. The maximum atomic E-state index is 5.72. The molecule has 0 aliphatic heterocycles. The first kappa shape index (κ1) is 18.1. The zero-order chi connectivity index (χ0) is 15.9. The summed E-state index contributed by atoms with van der Waals surface area (Å²) in [5.41, 5.74) is 2.73. The maximum absolute atomic E-state index is 5.72. The lowest BCUT2D eigenvalue weighted by Gasteiger charge is -2.23. The molecule has 0 heterocycles. The average molecular weight is 293 g/mol. The van der Waals surface area contributed by atoms with E-state index in [1.54, 1.807) is 7.11 Å². The summed E-state index contributed by atoms with van der Waals surface area (Å²) in [7, 11) is 1.70. The van der Waals surface area contributed by atoms with Crippen LogP contribution in [0.5, 0.6) is 0 Å². The van der Waals surface area contributed by atoms with Crippen LogP contribution in [0.15, 0.2) is 24.3 Å². The third kappa shape index (κ3) is 7.60. The Kier molecular flexibility index (Phi) is 7.36. The third-order valence-electron chi connectivity index (χ3n) is 3.42. The molecule has 0 radical (unpaired) electrons. The van der Waals surface area contributed by atoms with Crippen LogP contribution in [0.25, 0.3) is 0 Å². The molecule has 0 amide bonds. The van der Waals surface area contributed by atoms with Gasteiger partial charge in [-0.05, 0) is 44.7 Å². The van der Waals surface area contributed by atoms with Crippen LogP contribution in [-0.4, -0.2) is 31.9 Å². The molecule has 0 aromatic heterocycles. The quantitative estimate of drug-likeness (QED) is 0.792. The highest BCUT2D eigenvalue weighted by molar-refractivity contribution is 5.25. The van der Waals surface area contributed by atoms with E-state index in [1.807, 2.05) is 6.92 Å². The van der Waals surface area contributed by atoms with E-state index in [0.29, 0.717) is 19.1 Å². The molecule has 2 atom stereocenters. The van der Waals surface area contributed by atoms with Crippen LogP contribution in [0.1, 0.15) is 51.7 Å². The Bertz CT molecular complexity index is 395. The Morgan fingerprint density at radius 3 is 2.24 bits per heavy atom. The number of hydrogen-bond acceptors (Lipinski definition) is 3. The Labute approximate surface area is 130 Å². The van der Waals surface area contributed by atoms with Gasteiger partial charge in [0.2, 0.25) is 0 Å². The summed E-state index contributed by atoms with van der Waals surface area (Å²) in [6, 6.07) is 8.72. The Morgan fingerprint density at radius 1 is 1.10 bits per heavy atom. The van der Waals surface area contributed by atoms with Crippen LogP contribution >= 0.6 is 0 Å². The number of benzene rings is 1. The van der Waals surface area contributed by atoms with Crippen LogP contribution in [0.3, 0.4) is 0 Å². The fourth-order valence-corrected chi connectivity index (χ4v) is 2.04. The lowest BCUT2D eigenvalue weighted by atomic mass is 9.98. The van der Waals surface area contributed by atoms with E-state index in [1.165, 1.54) is 11.1 Å². The molecule has 0 aliphatic carbocycles. The second-order valence-corrected chi connectivity index (χ2v) is 6.85. The maximum Gasteiger partial charge on any atom is 0.0784 e. The van der Waals surface area contributed by atoms with Gasteiger partial charge in [0.15, 0.2) is 0 Å². The molecule has 0 bridgehead atoms. The molecule has 21 heavy (non-hydrogen) atoms. The molecule has 3 heteroatoms. The molecule has 3 nitrogen and oxygen atoms in total. The highest BCUT2D eigenvalue weighted by Gasteiger charge is 2.12. The van der Waals surface area contributed by atoms with Gasteiger partial charge in [0.1, 0.15) is 0 Å². The van der Waals surface area contributed by atoms with Gasteiger partial charge < -0.3 is 14.8 Å². The first-order valence-electron chi connectivity index (χ1n) is 7.76. The molecule has 0 saturated heterocycles. The van der Waals surface area contributed by atoms with Crippen LogP contribution in [0.4, 0.5) is 0 Å². The lowest BCUT2D eigenvalue weighted by molar-refractivity contribution is -0.000130. The molecule has 0 aliphatic rings. The van der Waals surface area contributed by atoms with E-state index in [2.05, 4.69) is 57.3 Å². The normalized spacial score (nSPS) is 15.0. The molecule has 2 unspecified atom stereocenters. The minimum Gasteiger partial charge on any atom is -0.382 e. The molecular formula is C18H31NO2. The number of ether oxygens (including phenoxy) is 2. The molecule has 0 spiro atoms. The topological polar surface area (TPSA) is 30.5 Å². The monoisotopic (exact) mass is 293 g/mol. The molecule has 1 aromatic rings. The minimum atomic E-state index is 0.129. The van der Waals surface area contributed by atoms with E-state index in [-0.39, 0.29) is 11.6 Å². The summed E-state index contributed by atoms with van der Waals surface area (Å²) in [5.74, 6) is 0.506. The van der Waals surface area contributed by atoms with Gasteiger partial charge in [-0.25, -0.2) is 0 Å². The van der Waals surface area contributed by atoms with E-state index in [0.717, 1.165) is 6.54 Å². The number of rotatable bonds is 8. The van der Waals surface area contributed by atoms with Crippen molar-refractivity contribution < 1.29 is 9.47 Å². The van der Waals surface area contributed by atoms with Crippen molar-refractivity contribution in [1.82, 2.24) is 5.32 Å². The van der Waals surface area contributed by atoms with E-state index in [9.17, 15) is 0 Å². The first-order valence-corrected chi connectivity index (χ1v) is 7.76. The number of hydrogen-bond donors (Lipinski definition) is 1. The Hall–Kier alpha value is -0.900. The second-order valence-electron chi connectivity index (χ2n) is 6.85. The van der Waals surface area contributed by atoms with Crippen molar-refractivity contribution in [3.05, 3.63) is 35.4 Å². The lowest BCUT2D eigenvalue weighted by Crippen LogP contribution is -2.38. The van der Waals surface area contributed by atoms with Gasteiger partial charge in [0.25, 0.3) is 0 Å². The van der Waals surface area contributed by atoms with E-state index in [4.69, 9.17) is 9.47 Å². The highest BCUT2D eigenvalue weighted by Crippen LogP contribution is 2.17. The standard InChI is InChI=1S/C18H31NO2/c1-14(11-19-18(3,4)5)17-9-7-16(8-10-17)13-21-15(2)12-20-6/h7-10,14-15,19H,11-13H2,1-6H3. The largest absolute Gasteiger partial charge is 0.382 e. The van der Waals surface area contributed by atoms with Gasteiger partial charge in [-0.15, -0.1) is 0 Å². The van der Waals surface area contributed by atoms with Crippen LogP contribution in [0.2, 0.25) is 0 Å². The molecule has 1 aromatic carbocycles. The smallest absolute Gasteiger partial charge is 0.0784 e. The van der Waals surface area contributed by atoms with Gasteiger partial charge >= 0.3 is 0 Å². The molecule has 0 saturated carbocycles. The fourth-order valence-electron chi connectivity index (χ4n) is 2.04. The zero-order valence-corrected chi connectivity index (χ0v) is 14.4. The summed E-state index contributed by atoms with van der Waals surface area (Å²) >= 11 is 0. The molecular weight excluding hydrogens is 262 g/mol. The van der Waals surface area contributed by atoms with Crippen molar-refractivity contribution >= 4 is 0 Å². The van der Waals surface area contributed by atoms with Gasteiger partial charge in [0, 0.05) is 19.2 Å². The fraction of sp³-hybridized carbons (Fsp3) is 0.667. The SMILES string of the molecule is COCC(C)OCc1ccc(C(C)CNC(C)(C)C)cc1. The molecule has 1 rings (SSSR count). The van der Waals surface area contributed by atoms with Crippen LogP contribution in [0, 0.1) is 0 Å². The van der Waals surface area contributed by atoms with Crippen molar-refractivity contribution in [2.75, 3.05) is 20.3 Å². The summed E-state index contributed by atoms with van der Waals surface area (Å²) in [6.07, 6.45) is 0.129. The first-order chi connectivity index (χ1) is 9.81. The molecule has 1 N–H and O–H groups in total. The van der Waals surface area contributed by atoms with Gasteiger partial charge in [0.05, 0.1) is 19.3 Å². The zero-order valence-electron chi connectivity index (χ0n) is 14.4. The van der Waals surface area contributed by atoms with Gasteiger partial charge in [-0.3, -0.25) is 0 Å². The number of methoxy groups -OCH3 is 1. The van der Waals surface area contributed by atoms with E-state index >= 15 is 0 Å². The average Bonchev–Trinajstić information content (AvgIpc) is 2.42. The van der Waals surface area contributed by atoms with Crippen LogP contribution in [-0.2, 0) is 16.1 Å². The summed E-state index contributed by atoms with van der Waals surface area (Å²) < 4.78 is 10.8. The van der Waals surface area contributed by atoms with Crippen molar-refractivity contribution in [3.8, 4) is 0 Å². The minimum absolute atomic E-state index is 0.129. The predicted molar refractivity (Wildman–Crippen MR) is 88.7 cm³/mol.